The SMILES string of the molecule is CC(C)(C)OC(=O)N1CCN[C@@H](c2cc(F)ccc2F)C1. The Labute approximate surface area is 123 Å². The summed E-state index contributed by atoms with van der Waals surface area (Å²) >= 11 is 0. The third-order valence-electron chi connectivity index (χ3n) is 3.16. The van der Waals surface area contributed by atoms with Crippen molar-refractivity contribution in [3.8, 4) is 0 Å². The van der Waals surface area contributed by atoms with E-state index in [1.807, 2.05) is 0 Å². The van der Waals surface area contributed by atoms with Gasteiger partial charge in [-0.05, 0) is 39.0 Å². The molecule has 0 radical (unpaired) electrons. The lowest BCUT2D eigenvalue weighted by Crippen LogP contribution is -2.49. The lowest BCUT2D eigenvalue weighted by atomic mass is 10.0. The summed E-state index contributed by atoms with van der Waals surface area (Å²) < 4.78 is 32.4. The van der Waals surface area contributed by atoms with Crippen molar-refractivity contribution >= 4 is 6.09 Å². The van der Waals surface area contributed by atoms with Gasteiger partial charge in [0.15, 0.2) is 0 Å². The predicted octanol–water partition coefficient (Wildman–Crippen LogP) is 2.85. The number of nitrogens with one attached hydrogen (secondary N) is 1. The van der Waals surface area contributed by atoms with Crippen molar-refractivity contribution in [2.45, 2.75) is 32.4 Å². The van der Waals surface area contributed by atoms with Gasteiger partial charge >= 0.3 is 6.09 Å². The molecule has 1 aliphatic rings. The number of halogens is 2. The molecule has 1 saturated heterocycles. The number of piperazine rings is 1. The highest BCUT2D eigenvalue weighted by atomic mass is 19.1. The van der Waals surface area contributed by atoms with E-state index in [1.54, 1.807) is 20.8 Å². The van der Waals surface area contributed by atoms with Crippen LogP contribution in [0, 0.1) is 11.6 Å². The monoisotopic (exact) mass is 298 g/mol. The Morgan fingerprint density at radius 3 is 2.76 bits per heavy atom. The summed E-state index contributed by atoms with van der Waals surface area (Å²) in [5, 5.41) is 3.10. The summed E-state index contributed by atoms with van der Waals surface area (Å²) in [6, 6.07) is 2.89. The molecule has 1 aromatic rings. The Morgan fingerprint density at radius 1 is 1.38 bits per heavy atom. The van der Waals surface area contributed by atoms with Crippen molar-refractivity contribution in [1.82, 2.24) is 10.2 Å². The average Bonchev–Trinajstić information content (AvgIpc) is 2.40. The lowest BCUT2D eigenvalue weighted by Gasteiger charge is -2.35. The molecule has 1 aliphatic heterocycles. The molecular weight excluding hydrogens is 278 g/mol. The fourth-order valence-corrected chi connectivity index (χ4v) is 2.23. The predicted molar refractivity (Wildman–Crippen MR) is 74.9 cm³/mol. The van der Waals surface area contributed by atoms with Crippen LogP contribution in [0.2, 0.25) is 0 Å². The first-order valence-electron chi connectivity index (χ1n) is 6.92. The maximum Gasteiger partial charge on any atom is 0.410 e. The molecule has 1 N–H and O–H groups in total. The van der Waals surface area contributed by atoms with E-state index in [2.05, 4.69) is 5.32 Å². The molecule has 1 heterocycles. The van der Waals surface area contributed by atoms with Crippen LogP contribution in [0.25, 0.3) is 0 Å². The van der Waals surface area contributed by atoms with Gasteiger partial charge in [-0.15, -0.1) is 0 Å². The van der Waals surface area contributed by atoms with Crippen molar-refractivity contribution in [1.29, 1.82) is 0 Å². The van der Waals surface area contributed by atoms with Gasteiger partial charge in [0.05, 0.1) is 6.04 Å². The molecular formula is C15H20F2N2O2. The van der Waals surface area contributed by atoms with Gasteiger partial charge in [-0.3, -0.25) is 0 Å². The Balaban J connectivity index is 2.10. The molecule has 1 amide bonds. The molecule has 0 bridgehead atoms. The third kappa shape index (κ3) is 4.14. The summed E-state index contributed by atoms with van der Waals surface area (Å²) in [6.45, 7) is 6.59. The first kappa shape index (κ1) is 15.7. The molecule has 1 atom stereocenters. The van der Waals surface area contributed by atoms with Gasteiger partial charge in [-0.2, -0.15) is 0 Å². The highest BCUT2D eigenvalue weighted by molar-refractivity contribution is 5.68. The van der Waals surface area contributed by atoms with E-state index in [-0.39, 0.29) is 12.1 Å². The summed E-state index contributed by atoms with van der Waals surface area (Å²) in [4.78, 5) is 13.6. The van der Waals surface area contributed by atoms with Crippen LogP contribution in [0.4, 0.5) is 13.6 Å². The van der Waals surface area contributed by atoms with Crippen LogP contribution in [0.1, 0.15) is 32.4 Å². The van der Waals surface area contributed by atoms with E-state index in [1.165, 1.54) is 4.90 Å². The van der Waals surface area contributed by atoms with Gasteiger partial charge in [-0.1, -0.05) is 0 Å². The molecule has 1 fully saturated rings. The van der Waals surface area contributed by atoms with E-state index < -0.39 is 29.4 Å². The van der Waals surface area contributed by atoms with Crippen LogP contribution in [-0.2, 0) is 4.74 Å². The molecule has 0 saturated carbocycles. The number of carbonyl (C=O) groups is 1. The highest BCUT2D eigenvalue weighted by Crippen LogP contribution is 2.22. The minimum atomic E-state index is -0.582. The van der Waals surface area contributed by atoms with Crippen LogP contribution in [-0.4, -0.2) is 36.2 Å². The minimum Gasteiger partial charge on any atom is -0.444 e. The molecule has 1 aromatic carbocycles. The smallest absolute Gasteiger partial charge is 0.410 e. The molecule has 116 valence electrons. The zero-order valence-electron chi connectivity index (χ0n) is 12.5. The molecule has 6 heteroatoms. The van der Waals surface area contributed by atoms with E-state index in [0.29, 0.717) is 13.1 Å². The second-order valence-corrected chi connectivity index (χ2v) is 6.10. The largest absolute Gasteiger partial charge is 0.444 e. The summed E-state index contributed by atoms with van der Waals surface area (Å²) in [7, 11) is 0. The van der Waals surface area contributed by atoms with Crippen molar-refractivity contribution in [3.05, 3.63) is 35.4 Å². The van der Waals surface area contributed by atoms with Gasteiger partial charge < -0.3 is 15.0 Å². The van der Waals surface area contributed by atoms with Crippen molar-refractivity contribution in [3.63, 3.8) is 0 Å². The van der Waals surface area contributed by atoms with E-state index in [4.69, 9.17) is 4.74 Å². The van der Waals surface area contributed by atoms with E-state index >= 15 is 0 Å². The number of amides is 1. The maximum atomic E-state index is 13.8. The second kappa shape index (κ2) is 5.97. The van der Waals surface area contributed by atoms with Crippen molar-refractivity contribution in [2.75, 3.05) is 19.6 Å². The number of carbonyl (C=O) groups excluding carboxylic acids is 1. The Hall–Kier alpha value is -1.69. The molecule has 0 unspecified atom stereocenters. The molecule has 0 spiro atoms. The summed E-state index contributed by atoms with van der Waals surface area (Å²) in [5.74, 6) is -0.984. The van der Waals surface area contributed by atoms with Crippen LogP contribution in [0.3, 0.4) is 0 Å². The van der Waals surface area contributed by atoms with Gasteiger partial charge in [0, 0.05) is 25.2 Å². The number of rotatable bonds is 1. The molecule has 21 heavy (non-hydrogen) atoms. The number of hydrogen-bond acceptors (Lipinski definition) is 3. The molecule has 2 rings (SSSR count). The van der Waals surface area contributed by atoms with Gasteiger partial charge in [0.25, 0.3) is 0 Å². The Morgan fingerprint density at radius 2 is 2.10 bits per heavy atom. The second-order valence-electron chi connectivity index (χ2n) is 6.10. The molecule has 0 aromatic heterocycles. The Bertz CT molecular complexity index is 529. The first-order chi connectivity index (χ1) is 9.76. The lowest BCUT2D eigenvalue weighted by molar-refractivity contribution is 0.0193. The van der Waals surface area contributed by atoms with Crippen LogP contribution in [0.5, 0.6) is 0 Å². The van der Waals surface area contributed by atoms with Crippen LogP contribution in [0.15, 0.2) is 18.2 Å². The van der Waals surface area contributed by atoms with Crippen molar-refractivity contribution < 1.29 is 18.3 Å². The number of ether oxygens (including phenoxy) is 1. The van der Waals surface area contributed by atoms with Gasteiger partial charge in [0.1, 0.15) is 17.2 Å². The summed E-state index contributed by atoms with van der Waals surface area (Å²) in [5.41, 5.74) is -0.357. The fourth-order valence-electron chi connectivity index (χ4n) is 2.23. The number of nitrogens with zero attached hydrogens (tertiary/aromatic N) is 1. The highest BCUT2D eigenvalue weighted by Gasteiger charge is 2.29. The van der Waals surface area contributed by atoms with E-state index in [0.717, 1.165) is 18.2 Å². The molecule has 0 aliphatic carbocycles. The summed E-state index contributed by atoms with van der Waals surface area (Å²) in [6.07, 6.45) is -0.439. The van der Waals surface area contributed by atoms with Gasteiger partial charge in [0.2, 0.25) is 0 Å². The average molecular weight is 298 g/mol. The maximum absolute atomic E-state index is 13.8. The number of benzene rings is 1. The fraction of sp³-hybridized carbons (Fsp3) is 0.533. The zero-order chi connectivity index (χ0) is 15.6. The van der Waals surface area contributed by atoms with Gasteiger partial charge in [-0.25, -0.2) is 13.6 Å². The number of hydrogen-bond donors (Lipinski definition) is 1. The van der Waals surface area contributed by atoms with Crippen LogP contribution < -0.4 is 5.32 Å². The Kier molecular flexibility index (Phi) is 4.46. The van der Waals surface area contributed by atoms with Crippen molar-refractivity contribution in [2.24, 2.45) is 0 Å². The minimum absolute atomic E-state index is 0.225. The standard InChI is InChI=1S/C15H20F2N2O2/c1-15(2,3)21-14(20)19-7-6-18-13(9-19)11-8-10(16)4-5-12(11)17/h4-5,8,13,18H,6-7,9H2,1-3H3/t13-/m1/s1. The topological polar surface area (TPSA) is 41.6 Å². The van der Waals surface area contributed by atoms with Crippen LogP contribution >= 0.6 is 0 Å². The first-order valence-corrected chi connectivity index (χ1v) is 6.92. The quantitative estimate of drug-likeness (QED) is 0.867. The normalized spacial score (nSPS) is 19.5. The van der Waals surface area contributed by atoms with E-state index in [9.17, 15) is 13.6 Å². The zero-order valence-corrected chi connectivity index (χ0v) is 12.5. The third-order valence-corrected chi connectivity index (χ3v) is 3.16. The molecule has 4 nitrogen and oxygen atoms in total.